The standard InChI is InChI=1S/C25H37N3O3.C20H29N3O.C4F6O2/c1-25(2,3)31-24(30)28-14-10-19(11-15-28)23(17-29)27-12-8-18(9-13-27)21-16-26-22-7-5-4-6-20(21)22;24-14-20(16-5-9-21-10-6-16)23-11-7-15(8-12-23)18-13-22-19-4-2-1-3-17(18)19;5-3(6,7)1(11)2(12)4(8,9)10/h4-7,16,18-19,23,26,29H,8-15,17H2,1-3H3;1-4,13,15-16,20-22,24H,5-12,14H2;. The summed E-state index contributed by atoms with van der Waals surface area (Å²) in [5.41, 5.74) is 4.91. The highest BCUT2D eigenvalue weighted by atomic mass is 19.4. The Labute approximate surface area is 387 Å². The van der Waals surface area contributed by atoms with Crippen molar-refractivity contribution in [2.45, 2.75) is 114 Å². The van der Waals surface area contributed by atoms with Crippen molar-refractivity contribution >= 4 is 39.5 Å². The third-order valence-electron chi connectivity index (χ3n) is 13.9. The second-order valence-corrected chi connectivity index (χ2v) is 19.2. The molecule has 0 saturated carbocycles. The first-order valence-corrected chi connectivity index (χ1v) is 23.5. The molecule has 18 heteroatoms. The number of H-pyrrole nitrogens is 2. The molecule has 2 aromatic carbocycles. The number of aliphatic hydroxyl groups excluding tert-OH is 2. The minimum atomic E-state index is -5.77. The van der Waals surface area contributed by atoms with E-state index in [-0.39, 0.29) is 18.7 Å². The maximum Gasteiger partial charge on any atom is 0.458 e. The normalized spacial score (nSPS) is 20.1. The average Bonchev–Trinajstić information content (AvgIpc) is 3.95. The van der Waals surface area contributed by atoms with Crippen LogP contribution in [0.5, 0.6) is 0 Å². The van der Waals surface area contributed by atoms with Crippen molar-refractivity contribution in [2.75, 3.05) is 65.6 Å². The number of piperidine rings is 4. The fourth-order valence-corrected chi connectivity index (χ4v) is 10.4. The van der Waals surface area contributed by atoms with E-state index in [4.69, 9.17) is 4.74 Å². The molecule has 2 atom stereocenters. The van der Waals surface area contributed by atoms with Gasteiger partial charge in [-0.1, -0.05) is 36.4 Å². The molecule has 0 bridgehead atoms. The van der Waals surface area contributed by atoms with Crippen LogP contribution in [0.2, 0.25) is 0 Å². The lowest BCUT2D eigenvalue weighted by Gasteiger charge is -2.43. The Morgan fingerprint density at radius 1 is 0.612 bits per heavy atom. The van der Waals surface area contributed by atoms with Gasteiger partial charge >= 0.3 is 30.0 Å². The SMILES string of the molecule is CC(C)(C)OC(=O)N1CCC(C(CO)N2CCC(c3c[nH]c4ccccc34)CC2)CC1.O=C(C(=O)C(F)(F)F)C(F)(F)F.OCC(C1CCNCC1)N1CCC(c2c[nH]c3ccccc23)CC1. The number of likely N-dealkylation sites (tertiary alicyclic amines) is 3. The second kappa shape index (κ2) is 22.7. The zero-order chi connectivity index (χ0) is 48.5. The third-order valence-corrected chi connectivity index (χ3v) is 13.9. The van der Waals surface area contributed by atoms with E-state index in [0.29, 0.717) is 49.4 Å². The summed E-state index contributed by atoms with van der Waals surface area (Å²) in [5.74, 6) is -4.52. The summed E-state index contributed by atoms with van der Waals surface area (Å²) in [6.45, 7) is 14.1. The molecule has 4 aliphatic heterocycles. The Kier molecular flexibility index (Phi) is 17.6. The third kappa shape index (κ3) is 13.6. The first-order chi connectivity index (χ1) is 31.8. The number of ether oxygens (including phenoxy) is 1. The molecule has 2 aromatic heterocycles. The van der Waals surface area contributed by atoms with Crippen molar-refractivity contribution in [1.82, 2.24) is 30.0 Å². The van der Waals surface area contributed by atoms with Crippen LogP contribution in [-0.2, 0) is 14.3 Å². The van der Waals surface area contributed by atoms with Crippen LogP contribution in [-0.4, -0.2) is 148 Å². The number of benzene rings is 2. The van der Waals surface area contributed by atoms with Gasteiger partial charge in [-0.3, -0.25) is 19.4 Å². The zero-order valence-electron chi connectivity index (χ0n) is 38.6. The molecular formula is C49H66F6N6O6. The smallest absolute Gasteiger partial charge is 0.444 e. The summed E-state index contributed by atoms with van der Waals surface area (Å²) >= 11 is 0. The fraction of sp³-hybridized carbons (Fsp3) is 0.612. The maximum absolute atomic E-state index is 12.3. The summed E-state index contributed by atoms with van der Waals surface area (Å²) in [5, 5.41) is 26.3. The van der Waals surface area contributed by atoms with Gasteiger partial charge in [0.2, 0.25) is 0 Å². The zero-order valence-corrected chi connectivity index (χ0v) is 38.6. The number of para-hydroxylation sites is 2. The number of nitrogens with one attached hydrogen (secondary N) is 3. The number of halogens is 6. The van der Waals surface area contributed by atoms with Crippen LogP contribution in [0.3, 0.4) is 0 Å². The maximum atomic E-state index is 12.3. The summed E-state index contributed by atoms with van der Waals surface area (Å²) in [4.78, 5) is 45.3. The quantitative estimate of drug-likeness (QED) is 0.0824. The summed E-state index contributed by atoms with van der Waals surface area (Å²) in [6, 6.07) is 17.7. The predicted octanol–water partition coefficient (Wildman–Crippen LogP) is 8.31. The van der Waals surface area contributed by atoms with Crippen molar-refractivity contribution < 1.29 is 55.7 Å². The lowest BCUT2D eigenvalue weighted by molar-refractivity contribution is -0.193. The predicted molar refractivity (Wildman–Crippen MR) is 244 cm³/mol. The second-order valence-electron chi connectivity index (χ2n) is 19.2. The molecule has 2 unspecified atom stereocenters. The van der Waals surface area contributed by atoms with Crippen molar-refractivity contribution in [2.24, 2.45) is 11.8 Å². The molecule has 8 rings (SSSR count). The number of amides is 1. The number of hydrogen-bond donors (Lipinski definition) is 5. The van der Waals surface area contributed by atoms with Crippen molar-refractivity contribution in [3.05, 3.63) is 72.1 Å². The van der Waals surface area contributed by atoms with Crippen LogP contribution < -0.4 is 5.32 Å². The first kappa shape index (κ1) is 51.9. The Morgan fingerprint density at radius 3 is 1.37 bits per heavy atom. The molecule has 370 valence electrons. The Morgan fingerprint density at radius 2 is 1.00 bits per heavy atom. The van der Waals surface area contributed by atoms with Crippen LogP contribution in [0.15, 0.2) is 60.9 Å². The minimum absolute atomic E-state index is 0.185. The summed E-state index contributed by atoms with van der Waals surface area (Å²) in [7, 11) is 0. The number of rotatable bonds is 9. The van der Waals surface area contributed by atoms with Gasteiger partial charge in [-0.2, -0.15) is 26.3 Å². The van der Waals surface area contributed by atoms with Crippen LogP contribution in [0.4, 0.5) is 31.1 Å². The monoisotopic (exact) mass is 948 g/mol. The van der Waals surface area contributed by atoms with Crippen LogP contribution in [0, 0.1) is 11.8 Å². The van der Waals surface area contributed by atoms with Crippen molar-refractivity contribution in [3.8, 4) is 0 Å². The van der Waals surface area contributed by atoms with Gasteiger partial charge in [-0.25, -0.2) is 4.79 Å². The largest absolute Gasteiger partial charge is 0.458 e. The van der Waals surface area contributed by atoms with Gasteiger partial charge in [0.15, 0.2) is 0 Å². The molecule has 0 radical (unpaired) electrons. The van der Waals surface area contributed by atoms with Crippen LogP contribution >= 0.6 is 0 Å². The van der Waals surface area contributed by atoms with Crippen molar-refractivity contribution in [1.29, 1.82) is 0 Å². The van der Waals surface area contributed by atoms with Gasteiger partial charge in [0.1, 0.15) is 5.60 Å². The number of aliphatic hydroxyl groups is 2. The minimum Gasteiger partial charge on any atom is -0.444 e. The topological polar surface area (TPSA) is 154 Å². The molecule has 1 amide bonds. The van der Waals surface area contributed by atoms with E-state index in [9.17, 15) is 50.9 Å². The van der Waals surface area contributed by atoms with E-state index in [1.165, 1.54) is 58.6 Å². The molecule has 4 aromatic rings. The summed E-state index contributed by atoms with van der Waals surface area (Å²) < 4.78 is 72.5. The molecule has 67 heavy (non-hydrogen) atoms. The van der Waals surface area contributed by atoms with E-state index in [0.717, 1.165) is 65.0 Å². The Hall–Kier alpha value is -4.49. The number of fused-ring (bicyclic) bond motifs is 2. The average molecular weight is 949 g/mol. The highest BCUT2D eigenvalue weighted by Crippen LogP contribution is 2.37. The fourth-order valence-electron chi connectivity index (χ4n) is 10.4. The number of ketones is 2. The number of alkyl halides is 6. The number of carbonyl (C=O) groups excluding carboxylic acids is 3. The van der Waals surface area contributed by atoms with Crippen LogP contribution in [0.25, 0.3) is 21.8 Å². The number of aromatic amines is 2. The number of carbonyl (C=O) groups is 3. The number of aromatic nitrogens is 2. The van der Waals surface area contributed by atoms with E-state index < -0.39 is 29.5 Å². The van der Waals surface area contributed by atoms with Crippen LogP contribution in [0.1, 0.15) is 95.1 Å². The molecule has 4 aliphatic rings. The molecule has 0 aliphatic carbocycles. The molecule has 12 nitrogen and oxygen atoms in total. The van der Waals surface area contributed by atoms with E-state index in [2.05, 4.69) is 86.0 Å². The van der Waals surface area contributed by atoms with E-state index in [1.807, 2.05) is 25.7 Å². The number of nitrogens with zero attached hydrogens (tertiary/aromatic N) is 3. The molecular weight excluding hydrogens is 883 g/mol. The van der Waals surface area contributed by atoms with Gasteiger partial charge in [0.25, 0.3) is 0 Å². The molecule has 0 spiro atoms. The number of Topliss-reactive ketones (excluding diaryl/α,β-unsaturated/α-hetero) is 2. The molecule has 5 N–H and O–H groups in total. The lowest BCUT2D eigenvalue weighted by atomic mass is 9.85. The number of hydrogen-bond acceptors (Lipinski definition) is 9. The molecule has 6 heterocycles. The molecule has 4 fully saturated rings. The van der Waals surface area contributed by atoms with Gasteiger partial charge in [-0.15, -0.1) is 0 Å². The highest BCUT2D eigenvalue weighted by molar-refractivity contribution is 6.41. The van der Waals surface area contributed by atoms with Crippen molar-refractivity contribution in [3.63, 3.8) is 0 Å². The Balaban J connectivity index is 0.000000182. The van der Waals surface area contributed by atoms with Gasteiger partial charge in [0, 0.05) is 59.4 Å². The Bertz CT molecular complexity index is 2180. The lowest BCUT2D eigenvalue weighted by Crippen LogP contribution is -2.51. The van der Waals surface area contributed by atoms with Gasteiger partial charge in [-0.05, 0) is 158 Å². The van der Waals surface area contributed by atoms with E-state index >= 15 is 0 Å². The molecule has 4 saturated heterocycles. The summed E-state index contributed by atoms with van der Waals surface area (Å²) in [6.07, 6.45) is 1.52. The highest BCUT2D eigenvalue weighted by Gasteiger charge is 2.54. The van der Waals surface area contributed by atoms with E-state index in [1.54, 1.807) is 0 Å². The van der Waals surface area contributed by atoms with Gasteiger partial charge in [0.05, 0.1) is 13.2 Å². The first-order valence-electron chi connectivity index (χ1n) is 23.5. The van der Waals surface area contributed by atoms with Gasteiger partial charge < -0.3 is 35.1 Å².